The molecule has 2 heteroatoms. The van der Waals surface area contributed by atoms with Crippen LogP contribution in [0.1, 0.15) is 25.0 Å². The Labute approximate surface area is 108 Å². The average Bonchev–Trinajstić information content (AvgIpc) is 2.29. The van der Waals surface area contributed by atoms with Gasteiger partial charge in [0.15, 0.2) is 0 Å². The predicted octanol–water partition coefficient (Wildman–Crippen LogP) is 4.05. The number of carbonyl (C=O) groups is 1. The van der Waals surface area contributed by atoms with Crippen molar-refractivity contribution in [3.63, 3.8) is 0 Å². The molecule has 0 saturated carbocycles. The van der Waals surface area contributed by atoms with Gasteiger partial charge in [0.1, 0.15) is 0 Å². The van der Waals surface area contributed by atoms with Gasteiger partial charge in [0.05, 0.1) is 0 Å². The fraction of sp³-hybridized carbons (Fsp3) is 0.312. The van der Waals surface area contributed by atoms with E-state index >= 15 is 0 Å². The highest BCUT2D eigenvalue weighted by Crippen LogP contribution is 2.24. The molecule has 0 aliphatic carbocycles. The van der Waals surface area contributed by atoms with Crippen LogP contribution in [0, 0.1) is 19.8 Å². The number of carbonyl (C=O) groups excluding carboxylic acids is 1. The van der Waals surface area contributed by atoms with E-state index in [4.69, 9.17) is 0 Å². The van der Waals surface area contributed by atoms with Crippen LogP contribution in [0.5, 0.6) is 0 Å². The van der Waals surface area contributed by atoms with Crippen molar-refractivity contribution in [1.29, 1.82) is 0 Å². The molecule has 0 unspecified atom stereocenters. The van der Waals surface area contributed by atoms with E-state index in [1.165, 1.54) is 21.9 Å². The number of nitrogens with one attached hydrogen (secondary N) is 1. The minimum absolute atomic E-state index is 0.000174. The van der Waals surface area contributed by atoms with Crippen LogP contribution in [0.15, 0.2) is 30.3 Å². The number of aryl methyl sites for hydroxylation is 2. The molecule has 0 bridgehead atoms. The summed E-state index contributed by atoms with van der Waals surface area (Å²) >= 11 is 0. The van der Waals surface area contributed by atoms with Gasteiger partial charge in [0.2, 0.25) is 5.91 Å². The Kier molecular flexibility index (Phi) is 3.37. The first-order valence-electron chi connectivity index (χ1n) is 6.29. The van der Waals surface area contributed by atoms with Crippen molar-refractivity contribution in [3.05, 3.63) is 41.5 Å². The van der Waals surface area contributed by atoms with Crippen molar-refractivity contribution < 1.29 is 4.79 Å². The zero-order valence-corrected chi connectivity index (χ0v) is 11.4. The summed E-state index contributed by atoms with van der Waals surface area (Å²) in [5, 5.41) is 5.35. The van der Waals surface area contributed by atoms with Crippen LogP contribution in [0.2, 0.25) is 0 Å². The molecule has 0 heterocycles. The predicted molar refractivity (Wildman–Crippen MR) is 76.9 cm³/mol. The lowest BCUT2D eigenvalue weighted by Gasteiger charge is -2.10. The average molecular weight is 241 g/mol. The minimum Gasteiger partial charge on any atom is -0.326 e. The van der Waals surface area contributed by atoms with Gasteiger partial charge in [-0.05, 0) is 42.3 Å². The molecule has 0 spiro atoms. The molecule has 0 radical (unpaired) electrons. The van der Waals surface area contributed by atoms with Crippen LogP contribution >= 0.6 is 0 Å². The van der Waals surface area contributed by atoms with Crippen molar-refractivity contribution in [2.75, 3.05) is 5.32 Å². The van der Waals surface area contributed by atoms with Gasteiger partial charge in [-0.2, -0.15) is 0 Å². The van der Waals surface area contributed by atoms with Crippen molar-refractivity contribution in [3.8, 4) is 0 Å². The van der Waals surface area contributed by atoms with Crippen LogP contribution in [0.3, 0.4) is 0 Å². The number of anilines is 1. The summed E-state index contributed by atoms with van der Waals surface area (Å²) in [5.74, 6) is 0.0546. The van der Waals surface area contributed by atoms with E-state index < -0.39 is 0 Å². The fourth-order valence-corrected chi connectivity index (χ4v) is 2.09. The molecule has 0 saturated heterocycles. The summed E-state index contributed by atoms with van der Waals surface area (Å²) in [6.07, 6.45) is 0. The third-order valence-electron chi connectivity index (χ3n) is 3.10. The van der Waals surface area contributed by atoms with Gasteiger partial charge in [-0.15, -0.1) is 0 Å². The highest BCUT2D eigenvalue weighted by Gasteiger charge is 2.07. The zero-order valence-electron chi connectivity index (χ0n) is 11.4. The lowest BCUT2D eigenvalue weighted by molar-refractivity contribution is -0.118. The molecule has 1 amide bonds. The van der Waals surface area contributed by atoms with Crippen LogP contribution in [0.4, 0.5) is 5.69 Å². The number of hydrogen-bond acceptors (Lipinski definition) is 1. The molecule has 2 aromatic carbocycles. The van der Waals surface area contributed by atoms with Crippen molar-refractivity contribution in [2.45, 2.75) is 27.7 Å². The molecule has 2 nitrogen and oxygen atoms in total. The topological polar surface area (TPSA) is 29.1 Å². The molecule has 0 aliphatic rings. The van der Waals surface area contributed by atoms with E-state index in [9.17, 15) is 4.79 Å². The Hall–Kier alpha value is -1.83. The van der Waals surface area contributed by atoms with E-state index in [2.05, 4.69) is 37.4 Å². The highest BCUT2D eigenvalue weighted by molar-refractivity contribution is 5.96. The smallest absolute Gasteiger partial charge is 0.226 e. The van der Waals surface area contributed by atoms with Gasteiger partial charge < -0.3 is 5.32 Å². The number of amides is 1. The molecule has 0 aromatic heterocycles. The lowest BCUT2D eigenvalue weighted by Crippen LogP contribution is -2.17. The summed E-state index contributed by atoms with van der Waals surface area (Å²) in [6, 6.07) is 10.4. The van der Waals surface area contributed by atoms with E-state index in [0.717, 1.165) is 5.69 Å². The molecule has 0 atom stereocenters. The zero-order chi connectivity index (χ0) is 13.3. The Morgan fingerprint density at radius 2 is 1.83 bits per heavy atom. The standard InChI is InChI=1S/C16H19NO/c1-10(2)16(18)17-14-6-5-13-8-11(3)7-12(4)15(13)9-14/h5-10H,1-4H3,(H,17,18). The summed E-state index contributed by atoms with van der Waals surface area (Å²) in [7, 11) is 0. The van der Waals surface area contributed by atoms with Gasteiger partial charge in [-0.25, -0.2) is 0 Å². The van der Waals surface area contributed by atoms with Crippen LogP contribution in [-0.4, -0.2) is 5.91 Å². The van der Waals surface area contributed by atoms with Crippen molar-refractivity contribution in [1.82, 2.24) is 0 Å². The van der Waals surface area contributed by atoms with Gasteiger partial charge in [0, 0.05) is 11.6 Å². The maximum Gasteiger partial charge on any atom is 0.226 e. The first kappa shape index (κ1) is 12.6. The largest absolute Gasteiger partial charge is 0.326 e. The van der Waals surface area contributed by atoms with Gasteiger partial charge in [-0.1, -0.05) is 37.6 Å². The summed E-state index contributed by atoms with van der Waals surface area (Å²) in [4.78, 5) is 11.7. The minimum atomic E-state index is -0.000174. The second-order valence-corrected chi connectivity index (χ2v) is 5.16. The van der Waals surface area contributed by atoms with E-state index in [1.54, 1.807) is 0 Å². The quantitative estimate of drug-likeness (QED) is 0.844. The van der Waals surface area contributed by atoms with E-state index in [1.807, 2.05) is 26.0 Å². The number of rotatable bonds is 2. The Balaban J connectivity index is 2.41. The highest BCUT2D eigenvalue weighted by atomic mass is 16.1. The van der Waals surface area contributed by atoms with E-state index in [-0.39, 0.29) is 11.8 Å². The molecule has 2 rings (SSSR count). The fourth-order valence-electron chi connectivity index (χ4n) is 2.09. The first-order chi connectivity index (χ1) is 8.47. The third kappa shape index (κ3) is 2.53. The normalized spacial score (nSPS) is 10.9. The molecular weight excluding hydrogens is 222 g/mol. The van der Waals surface area contributed by atoms with Crippen LogP contribution in [0.25, 0.3) is 10.8 Å². The van der Waals surface area contributed by atoms with E-state index in [0.29, 0.717) is 0 Å². The van der Waals surface area contributed by atoms with Crippen molar-refractivity contribution in [2.24, 2.45) is 5.92 Å². The Bertz CT molecular complexity index is 599. The van der Waals surface area contributed by atoms with Crippen LogP contribution in [-0.2, 0) is 4.79 Å². The third-order valence-corrected chi connectivity index (χ3v) is 3.10. The molecule has 0 aliphatic heterocycles. The number of benzene rings is 2. The van der Waals surface area contributed by atoms with Crippen LogP contribution < -0.4 is 5.32 Å². The molecule has 94 valence electrons. The van der Waals surface area contributed by atoms with Gasteiger partial charge in [0.25, 0.3) is 0 Å². The molecule has 18 heavy (non-hydrogen) atoms. The molecule has 2 aromatic rings. The van der Waals surface area contributed by atoms with Crippen molar-refractivity contribution >= 4 is 22.4 Å². The second-order valence-electron chi connectivity index (χ2n) is 5.16. The molecule has 0 fully saturated rings. The summed E-state index contributed by atoms with van der Waals surface area (Å²) in [5.41, 5.74) is 3.37. The van der Waals surface area contributed by atoms with Gasteiger partial charge in [-0.3, -0.25) is 4.79 Å². The molecular formula is C16H19NO. The maximum atomic E-state index is 11.7. The summed E-state index contributed by atoms with van der Waals surface area (Å²) in [6.45, 7) is 7.99. The SMILES string of the molecule is Cc1cc(C)c2cc(NC(=O)C(C)C)ccc2c1. The van der Waals surface area contributed by atoms with Gasteiger partial charge >= 0.3 is 0 Å². The number of fused-ring (bicyclic) bond motifs is 1. The maximum absolute atomic E-state index is 11.7. The lowest BCUT2D eigenvalue weighted by atomic mass is 10.0. The summed E-state index contributed by atoms with van der Waals surface area (Å²) < 4.78 is 0. The first-order valence-corrected chi connectivity index (χ1v) is 6.29. The Morgan fingerprint density at radius 1 is 1.11 bits per heavy atom. The monoisotopic (exact) mass is 241 g/mol. The molecule has 1 N–H and O–H groups in total. The second kappa shape index (κ2) is 4.81. The number of hydrogen-bond donors (Lipinski definition) is 1. The Morgan fingerprint density at radius 3 is 2.50 bits per heavy atom.